The zero-order chi connectivity index (χ0) is 98.1. The smallest absolute Gasteiger partial charge is 0.478 e. The number of halogens is 12. The number of aliphatic carboxylic acids is 2. The molecular weight excluding hydrogens is 1790 g/mol. The molecule has 0 spiro atoms. The van der Waals surface area contributed by atoms with Crippen LogP contribution in [0.15, 0.2) is 219 Å². The minimum absolute atomic E-state index is 0. The van der Waals surface area contributed by atoms with Crippen molar-refractivity contribution in [3.05, 3.63) is 321 Å². The van der Waals surface area contributed by atoms with Crippen molar-refractivity contribution >= 4 is 91.2 Å². The number of rotatable bonds is 20. The highest BCUT2D eigenvalue weighted by Crippen LogP contribution is 2.48. The molecule has 9 aromatic carbocycles. The lowest BCUT2D eigenvalue weighted by Crippen LogP contribution is -2.48. The molecule has 0 radical (unpaired) electrons. The van der Waals surface area contributed by atoms with Crippen molar-refractivity contribution in [1.29, 1.82) is 0 Å². The van der Waals surface area contributed by atoms with E-state index in [1.165, 1.54) is 52.5 Å². The van der Waals surface area contributed by atoms with Crippen molar-refractivity contribution in [1.82, 2.24) is 29.7 Å². The molecule has 0 amide bonds. The maximum atomic E-state index is 15.6. The molecule has 7 heterocycles. The molecule has 6 atom stereocenters. The van der Waals surface area contributed by atoms with E-state index in [0.29, 0.717) is 12.8 Å². The number of hydrogen-bond donors (Lipinski definition) is 2. The summed E-state index contributed by atoms with van der Waals surface area (Å²) in [5, 5.41) is 24.2. The van der Waals surface area contributed by atoms with Crippen LogP contribution in [0.5, 0.6) is 5.75 Å². The van der Waals surface area contributed by atoms with Gasteiger partial charge in [-0.05, 0) is 306 Å². The number of carbonyl (C=O) groups is 3. The lowest BCUT2D eigenvalue weighted by Gasteiger charge is -2.44. The first-order valence-corrected chi connectivity index (χ1v) is 44.9. The Morgan fingerprint density at radius 2 is 0.750 bits per heavy atom. The van der Waals surface area contributed by atoms with Crippen LogP contribution < -0.4 is 9.65 Å². The lowest BCUT2D eigenvalue weighted by molar-refractivity contribution is -0.135. The van der Waals surface area contributed by atoms with E-state index in [0.717, 1.165) is 174 Å². The van der Waals surface area contributed by atoms with E-state index in [4.69, 9.17) is 19.5 Å². The number of methoxy groups -OCH3 is 1. The van der Waals surface area contributed by atoms with Crippen LogP contribution in [-0.2, 0) is 57.8 Å². The van der Waals surface area contributed by atoms with Gasteiger partial charge in [-0.2, -0.15) is 21.6 Å². The summed E-state index contributed by atoms with van der Waals surface area (Å²) in [7, 11) is -5.11. The molecule has 16 rings (SSSR count). The van der Waals surface area contributed by atoms with Gasteiger partial charge in [-0.3, -0.25) is 29.7 Å². The fourth-order valence-corrected chi connectivity index (χ4v) is 18.0. The number of alkyl halides is 6. The molecular formula is C105H105BF12N6O11S. The van der Waals surface area contributed by atoms with Crippen LogP contribution in [-0.4, -0.2) is 152 Å². The number of benzene rings is 9. The zero-order valence-corrected chi connectivity index (χ0v) is 77.3. The molecule has 0 saturated carbocycles. The Morgan fingerprint density at radius 3 is 1.08 bits per heavy atom. The van der Waals surface area contributed by atoms with E-state index in [-0.39, 0.29) is 103 Å². The summed E-state index contributed by atoms with van der Waals surface area (Å²) in [4.78, 5) is 50.7. The van der Waals surface area contributed by atoms with Crippen LogP contribution >= 0.6 is 0 Å². The Bertz CT molecular complexity index is 6390. The van der Waals surface area contributed by atoms with Crippen LogP contribution in [0.4, 0.5) is 52.7 Å². The molecule has 2 N–H and O–H groups in total. The minimum Gasteiger partial charge on any atom is -0.478 e. The second kappa shape index (κ2) is 40.9. The van der Waals surface area contributed by atoms with Crippen LogP contribution in [0.1, 0.15) is 182 Å². The number of carboxylic acids is 2. The van der Waals surface area contributed by atoms with Gasteiger partial charge in [0.2, 0.25) is 0 Å². The van der Waals surface area contributed by atoms with Crippen molar-refractivity contribution in [3.8, 4) is 28.0 Å². The predicted octanol–water partition coefficient (Wildman–Crippen LogP) is 23.4. The van der Waals surface area contributed by atoms with E-state index in [1.807, 2.05) is 115 Å². The van der Waals surface area contributed by atoms with Gasteiger partial charge >= 0.3 is 40.7 Å². The summed E-state index contributed by atoms with van der Waals surface area (Å²) in [6.45, 7) is 21.9. The highest BCUT2D eigenvalue weighted by atomic mass is 32.2. The second-order valence-corrected chi connectivity index (χ2v) is 38.6. The van der Waals surface area contributed by atoms with Crippen LogP contribution in [0, 0.1) is 34.9 Å². The largest absolute Gasteiger partial charge is 0.534 e. The maximum absolute atomic E-state index is 15.6. The van der Waals surface area contributed by atoms with Crippen molar-refractivity contribution in [2.75, 3.05) is 26.7 Å². The SMILES string of the molecule is C.CC1(C)OB(c2ccc3cnccc3c2)OC1(C)C.COC(=O)/C=C/c1cc(F)c(C2c3ccc(OS(=O)(=O)C(F)(F)F)cc3CC(C)N2CC(C)(C)F)c(F)c1.C[C@@H]1Cc2cc(-c3ccc4cnccc4c3)ccc2[C@@H](c2c(F)cc(/C=C/C(=O)O)cc2F)N1CC(C)(C)F.C[C@H]1Cc2cc(-c3ccc4cnccc4c3)ccc2[C@H](c2c(F)cc(/C=C/C(=O)O)cc2F)N1CC(C)(C)F. The van der Waals surface area contributed by atoms with Gasteiger partial charge in [-0.15, -0.1) is 0 Å². The average Bonchev–Trinajstić information content (AvgIpc) is 1.02. The molecule has 12 aromatic rings. The van der Waals surface area contributed by atoms with Gasteiger partial charge in [0.15, 0.2) is 0 Å². The molecule has 4 aliphatic rings. The average molecular weight is 1900 g/mol. The third-order valence-electron chi connectivity index (χ3n) is 24.4. The zero-order valence-electron chi connectivity index (χ0n) is 76.5. The molecule has 0 aliphatic carbocycles. The molecule has 17 nitrogen and oxygen atoms in total. The van der Waals surface area contributed by atoms with Gasteiger partial charge in [-0.1, -0.05) is 92.4 Å². The Kier molecular flexibility index (Phi) is 30.8. The Labute approximate surface area is 782 Å². The number of hydrogen-bond acceptors (Lipinski definition) is 15. The molecule has 2 unspecified atom stereocenters. The number of carbonyl (C=O) groups excluding carboxylic acids is 1. The normalized spacial score (nSPS) is 18.5. The van der Waals surface area contributed by atoms with Crippen LogP contribution in [0.2, 0.25) is 0 Å². The van der Waals surface area contributed by atoms with Crippen molar-refractivity contribution < 1.29 is 104 Å². The van der Waals surface area contributed by atoms with E-state index < -0.39 is 121 Å². The van der Waals surface area contributed by atoms with Gasteiger partial charge in [-0.25, -0.2) is 53.9 Å². The third-order valence-corrected chi connectivity index (χ3v) is 25.4. The third kappa shape index (κ3) is 24.0. The predicted molar refractivity (Wildman–Crippen MR) is 505 cm³/mol. The summed E-state index contributed by atoms with van der Waals surface area (Å²) < 4.78 is 220. The number of aromatic nitrogens is 3. The topological polar surface area (TPSA) is 211 Å². The number of fused-ring (bicyclic) bond motifs is 6. The van der Waals surface area contributed by atoms with E-state index in [2.05, 4.69) is 88.0 Å². The molecule has 31 heteroatoms. The van der Waals surface area contributed by atoms with Gasteiger partial charge < -0.3 is 28.4 Å². The van der Waals surface area contributed by atoms with E-state index >= 15 is 26.3 Å². The highest BCUT2D eigenvalue weighted by molar-refractivity contribution is 7.88. The van der Waals surface area contributed by atoms with Gasteiger partial charge in [0, 0.05) is 121 Å². The lowest BCUT2D eigenvalue weighted by atomic mass is 9.78. The van der Waals surface area contributed by atoms with Crippen LogP contribution in [0.25, 0.3) is 72.8 Å². The monoisotopic (exact) mass is 1900 g/mol. The summed E-state index contributed by atoms with van der Waals surface area (Å²) in [5.74, 6) is -9.06. The van der Waals surface area contributed by atoms with Gasteiger partial charge in [0.1, 0.15) is 57.7 Å². The first-order valence-electron chi connectivity index (χ1n) is 43.5. The summed E-state index contributed by atoms with van der Waals surface area (Å²) in [6.07, 6.45) is 18.1. The summed E-state index contributed by atoms with van der Waals surface area (Å²) in [6, 6.07) is 41.9. The Balaban J connectivity index is 0.000000167. The molecule has 3 aromatic heterocycles. The summed E-state index contributed by atoms with van der Waals surface area (Å²) in [5.41, 5.74) is -2.95. The minimum atomic E-state index is -5.94. The van der Waals surface area contributed by atoms with Crippen molar-refractivity contribution in [2.45, 2.75) is 187 Å². The molecule has 714 valence electrons. The molecule has 1 saturated heterocycles. The first kappa shape index (κ1) is 103. The van der Waals surface area contributed by atoms with Gasteiger partial charge in [0.05, 0.1) is 36.4 Å². The molecule has 0 bridgehead atoms. The quantitative estimate of drug-likeness (QED) is 0.0181. The second-order valence-electron chi connectivity index (χ2n) is 37.1. The van der Waals surface area contributed by atoms with E-state index in [9.17, 15) is 49.1 Å². The number of ether oxygens (including phenoxy) is 1. The molecule has 136 heavy (non-hydrogen) atoms. The summed E-state index contributed by atoms with van der Waals surface area (Å²) >= 11 is 0. The fourth-order valence-electron chi connectivity index (χ4n) is 17.5. The van der Waals surface area contributed by atoms with Crippen molar-refractivity contribution in [3.63, 3.8) is 0 Å². The first-order chi connectivity index (χ1) is 63.3. The number of esters is 1. The fraction of sp³-hybridized carbons (Fsp3) is 0.314. The van der Waals surface area contributed by atoms with Gasteiger partial charge in [0.25, 0.3) is 0 Å². The highest BCUT2D eigenvalue weighted by Gasteiger charge is 2.53. The molecule has 4 aliphatic heterocycles. The van der Waals surface area contributed by atoms with Crippen LogP contribution in [0.3, 0.4) is 0 Å². The van der Waals surface area contributed by atoms with Crippen molar-refractivity contribution in [2.24, 2.45) is 0 Å². The number of pyridine rings is 3. The van der Waals surface area contributed by atoms with E-state index in [1.54, 1.807) is 25.5 Å². The number of carboxylic acid groups (broad SMARTS) is 2. The number of nitrogens with zero attached hydrogens (tertiary/aromatic N) is 6. The Morgan fingerprint density at radius 1 is 0.441 bits per heavy atom. The standard InChI is InChI=1S/2C32H29F3N2O2.C25H25F6NO5S.C15H18BNO2.CH4/c2*1-19-12-25-16-22(21-5-6-24-17-36-11-10-23(24)15-21)7-8-26(25)31(37(19)18-32(2,3)35)30-27(33)13-20(14-28(30)34)4-9-29(38)39;1-14-9-16-12-17(37-38(34,35)25(29,30)31)6-7-18(16)23(32(14)13-24(2,3)28)22-19(26)10-15(11-20(22)27)5-8-21(33)36-4;1-14(2)15(3,4)19-16(18-14)13-6-5-12-10-17-8-7-11(12)9-13;/h2*4-11,13-17,19,31H,12,18H2,1-3H3,(H,38,39);5-8,10-12,14,23H,9,13H2,1-4H3;5-10H,1-4H3;1H4/b2*9-4+;8-5+;;/t2*19-,31+;;;/m10.../s1. The maximum Gasteiger partial charge on any atom is 0.534 e. The Hall–Kier alpha value is -12.4. The molecule has 1 fully saturated rings.